The van der Waals surface area contributed by atoms with Crippen molar-refractivity contribution in [2.24, 2.45) is 5.92 Å². The Labute approximate surface area is 301 Å². The zero-order valence-electron chi connectivity index (χ0n) is 28.5. The second kappa shape index (κ2) is 16.4. The summed E-state index contributed by atoms with van der Waals surface area (Å²) >= 11 is 1.91. The topological polar surface area (TPSA) is 186 Å². The second-order valence-corrected chi connectivity index (χ2v) is 16.1. The molecule has 4 aliphatic heterocycles. The number of fused-ring (bicyclic) bond motifs is 14. The molecule has 16 heteroatoms. The van der Waals surface area contributed by atoms with E-state index in [0.717, 1.165) is 18.6 Å². The lowest BCUT2D eigenvalue weighted by Gasteiger charge is -2.26. The van der Waals surface area contributed by atoms with Crippen LogP contribution in [0.3, 0.4) is 0 Å². The van der Waals surface area contributed by atoms with Gasteiger partial charge in [0.15, 0.2) is 11.5 Å². The smallest absolute Gasteiger partial charge is 0.278 e. The normalized spacial score (nSPS) is 22.8. The van der Waals surface area contributed by atoms with E-state index in [1.54, 1.807) is 41.3 Å². The van der Waals surface area contributed by atoms with E-state index in [4.69, 9.17) is 15.2 Å². The van der Waals surface area contributed by atoms with E-state index < -0.39 is 15.9 Å². The molecular formula is C35H43N7O7S2. The van der Waals surface area contributed by atoms with Gasteiger partial charge < -0.3 is 30.7 Å². The first-order valence-electron chi connectivity index (χ1n) is 17.1. The SMILES string of the molecule is CN1CCN(C(=O)CCCCC2SC[C@@H]3NC(=O)C[C@H]23)CCOCCOc2ccccc2NC(=O)c2nc(cnc2N)-c2ccc(cc2)S1(=O)=O. The van der Waals surface area contributed by atoms with Gasteiger partial charge in [-0.05, 0) is 37.1 Å². The van der Waals surface area contributed by atoms with Crippen molar-refractivity contribution in [3.8, 4) is 17.0 Å². The largest absolute Gasteiger partial charge is 0.489 e. The number of benzene rings is 2. The van der Waals surface area contributed by atoms with Crippen LogP contribution in [0.5, 0.6) is 5.75 Å². The summed E-state index contributed by atoms with van der Waals surface area (Å²) in [4.78, 5) is 48.9. The molecule has 1 aromatic heterocycles. The number of nitrogens with two attached hydrogens (primary N) is 1. The number of ether oxygens (including phenoxy) is 2. The lowest BCUT2D eigenvalue weighted by molar-refractivity contribution is -0.132. The fraction of sp³-hybridized carbons (Fsp3) is 0.457. The number of thioether (sulfide) groups is 1. The number of nitrogens with one attached hydrogen (secondary N) is 2. The molecule has 4 N–H and O–H groups in total. The third kappa shape index (κ3) is 8.80. The van der Waals surface area contributed by atoms with Gasteiger partial charge in [0.25, 0.3) is 5.91 Å². The van der Waals surface area contributed by atoms with Crippen molar-refractivity contribution in [2.75, 3.05) is 63.3 Å². The molecule has 3 atom stereocenters. The number of aromatic nitrogens is 2. The van der Waals surface area contributed by atoms with Crippen LogP contribution in [-0.2, 0) is 24.3 Å². The Morgan fingerprint density at radius 3 is 2.67 bits per heavy atom. The van der Waals surface area contributed by atoms with Crippen LogP contribution in [0.4, 0.5) is 11.5 Å². The van der Waals surface area contributed by atoms with Gasteiger partial charge in [-0.25, -0.2) is 18.4 Å². The van der Waals surface area contributed by atoms with Crippen molar-refractivity contribution < 1.29 is 32.3 Å². The number of hydrogen-bond donors (Lipinski definition) is 3. The molecular weight excluding hydrogens is 695 g/mol. The molecule has 4 aliphatic rings. The summed E-state index contributed by atoms with van der Waals surface area (Å²) in [5.41, 5.74) is 7.22. The molecule has 4 bridgehead atoms. The average molecular weight is 738 g/mol. The Hall–Kier alpha value is -4.25. The predicted octanol–water partition coefficient (Wildman–Crippen LogP) is 3.02. The van der Waals surface area contributed by atoms with Crippen molar-refractivity contribution >= 4 is 51.0 Å². The van der Waals surface area contributed by atoms with Gasteiger partial charge in [-0.1, -0.05) is 30.7 Å². The van der Waals surface area contributed by atoms with Crippen molar-refractivity contribution in [1.82, 2.24) is 24.5 Å². The number of unbranched alkanes of at least 4 members (excludes halogenated alkanes) is 1. The summed E-state index contributed by atoms with van der Waals surface area (Å²) in [5, 5.41) is 6.27. The number of nitrogen functional groups attached to an aromatic ring is 1. The summed E-state index contributed by atoms with van der Waals surface area (Å²) in [6.45, 7) is 1.18. The van der Waals surface area contributed by atoms with Crippen LogP contribution < -0.4 is 21.1 Å². The molecule has 2 aromatic carbocycles. The fourth-order valence-electron chi connectivity index (χ4n) is 6.50. The van der Waals surface area contributed by atoms with Crippen LogP contribution in [0.2, 0.25) is 0 Å². The molecule has 3 aromatic rings. The van der Waals surface area contributed by atoms with Crippen molar-refractivity contribution in [3.05, 3.63) is 60.4 Å². The second-order valence-electron chi connectivity index (χ2n) is 12.8. The average Bonchev–Trinajstić information content (AvgIpc) is 3.68. The molecule has 5 heterocycles. The first kappa shape index (κ1) is 36.5. The molecule has 0 spiro atoms. The van der Waals surface area contributed by atoms with Crippen LogP contribution in [0.1, 0.15) is 42.6 Å². The Balaban J connectivity index is 1.15. The standard InChI is InChI=1S/C35H43N7O7S2/c1-41-14-15-42(32(44)9-5-4-8-30-25-20-31(43)38-28(25)22-50-30)16-17-48-18-19-49-29-7-3-2-6-26(29)40-35(45)33-34(36)37-21-27(39-33)23-10-12-24(13-11-23)51(41,46)47/h2-3,6-7,10-13,21,25,28,30H,4-5,8-9,14-20,22H2,1H3,(H2,36,37)(H,38,43)(H,40,45)/t25-,28-,30?/m0/s1. The molecule has 272 valence electrons. The summed E-state index contributed by atoms with van der Waals surface area (Å²) < 4.78 is 40.0. The number of carbonyl (C=O) groups is 3. The maximum absolute atomic E-state index is 13.5. The Morgan fingerprint density at radius 2 is 1.84 bits per heavy atom. The number of rotatable bonds is 5. The molecule has 0 radical (unpaired) electrons. The Bertz CT molecular complexity index is 1840. The maximum atomic E-state index is 13.5. The molecule has 3 amide bonds. The number of para-hydroxylation sites is 2. The Kier molecular flexibility index (Phi) is 11.7. The van der Waals surface area contributed by atoms with Crippen molar-refractivity contribution in [1.29, 1.82) is 0 Å². The zero-order valence-corrected chi connectivity index (χ0v) is 30.1. The van der Waals surface area contributed by atoms with E-state index in [1.807, 2.05) is 11.8 Å². The highest BCUT2D eigenvalue weighted by atomic mass is 32.2. The van der Waals surface area contributed by atoms with Gasteiger partial charge in [0.1, 0.15) is 12.4 Å². The number of anilines is 2. The van der Waals surface area contributed by atoms with E-state index in [9.17, 15) is 22.8 Å². The number of likely N-dealkylation sites (N-methyl/N-ethyl adjacent to an activating group) is 1. The van der Waals surface area contributed by atoms with Gasteiger partial charge >= 0.3 is 0 Å². The third-order valence-electron chi connectivity index (χ3n) is 9.42. The molecule has 1 unspecified atom stereocenters. The predicted molar refractivity (Wildman–Crippen MR) is 194 cm³/mol. The van der Waals surface area contributed by atoms with E-state index in [-0.39, 0.29) is 73.7 Å². The van der Waals surface area contributed by atoms with Crippen LogP contribution in [0.25, 0.3) is 11.3 Å². The van der Waals surface area contributed by atoms with Gasteiger partial charge in [-0.2, -0.15) is 16.1 Å². The van der Waals surface area contributed by atoms with E-state index >= 15 is 0 Å². The first-order chi connectivity index (χ1) is 24.6. The lowest BCUT2D eigenvalue weighted by atomic mass is 9.94. The van der Waals surface area contributed by atoms with Gasteiger partial charge in [0.2, 0.25) is 21.8 Å². The minimum Gasteiger partial charge on any atom is -0.489 e. The zero-order chi connectivity index (χ0) is 36.0. The highest BCUT2D eigenvalue weighted by molar-refractivity contribution is 8.00. The number of carbonyl (C=O) groups excluding carboxylic acids is 3. The molecule has 0 aliphatic carbocycles. The Morgan fingerprint density at radius 1 is 1.04 bits per heavy atom. The summed E-state index contributed by atoms with van der Waals surface area (Å²) in [6, 6.07) is 13.3. The van der Waals surface area contributed by atoms with E-state index in [0.29, 0.717) is 53.1 Å². The van der Waals surface area contributed by atoms with Gasteiger partial charge in [-0.3, -0.25) is 14.4 Å². The van der Waals surface area contributed by atoms with Crippen molar-refractivity contribution in [2.45, 2.75) is 48.3 Å². The van der Waals surface area contributed by atoms with Crippen LogP contribution >= 0.6 is 11.8 Å². The van der Waals surface area contributed by atoms with E-state index in [1.165, 1.54) is 29.7 Å². The molecule has 7 rings (SSSR count). The first-order valence-corrected chi connectivity index (χ1v) is 19.6. The third-order valence-corrected chi connectivity index (χ3v) is 12.9. The van der Waals surface area contributed by atoms with Crippen LogP contribution in [0, 0.1) is 5.92 Å². The molecule has 0 saturated carbocycles. The van der Waals surface area contributed by atoms with Crippen LogP contribution in [0.15, 0.2) is 59.6 Å². The minimum absolute atomic E-state index is 0.0625. The quantitative estimate of drug-likeness (QED) is 0.258. The van der Waals surface area contributed by atoms with Crippen LogP contribution in [-0.4, -0.2) is 109 Å². The summed E-state index contributed by atoms with van der Waals surface area (Å²) in [7, 11) is -2.40. The number of amides is 3. The van der Waals surface area contributed by atoms with E-state index in [2.05, 4.69) is 20.6 Å². The molecule has 51 heavy (non-hydrogen) atoms. The summed E-state index contributed by atoms with van der Waals surface area (Å²) in [5.74, 6) is 1.16. The number of sulfonamides is 1. The number of hydrogen-bond acceptors (Lipinski definition) is 11. The monoisotopic (exact) mass is 737 g/mol. The molecule has 2 saturated heterocycles. The lowest BCUT2D eigenvalue weighted by Crippen LogP contribution is -2.41. The molecule has 2 fully saturated rings. The summed E-state index contributed by atoms with van der Waals surface area (Å²) in [6.07, 6.45) is 4.87. The van der Waals surface area contributed by atoms with Crippen molar-refractivity contribution in [3.63, 3.8) is 0 Å². The highest BCUT2D eigenvalue weighted by Crippen LogP contribution is 2.40. The maximum Gasteiger partial charge on any atom is 0.278 e. The number of nitrogens with zero attached hydrogens (tertiary/aromatic N) is 4. The van der Waals surface area contributed by atoms with Gasteiger partial charge in [0, 0.05) is 68.0 Å². The fourth-order valence-corrected chi connectivity index (χ4v) is 9.32. The van der Waals surface area contributed by atoms with Gasteiger partial charge in [-0.15, -0.1) is 0 Å². The minimum atomic E-state index is -3.89. The highest BCUT2D eigenvalue weighted by Gasteiger charge is 2.42. The van der Waals surface area contributed by atoms with Gasteiger partial charge in [0.05, 0.1) is 35.7 Å². The molecule has 14 nitrogen and oxygen atoms in total.